The molecule has 33 heavy (non-hydrogen) atoms. The monoisotopic (exact) mass is 463 g/mol. The Morgan fingerprint density at radius 2 is 1.48 bits per heavy atom. The molecule has 3 heterocycles. The maximum Gasteiger partial charge on any atom is 0.243 e. The SMILES string of the molecule is O=C(CC1c2cccn2CCN1S(=O)(=O)c1ccccc1)N1CCC(c2ccccc2)CC1. The third-order valence-corrected chi connectivity index (χ3v) is 8.87. The van der Waals surface area contributed by atoms with Gasteiger partial charge in [-0.05, 0) is 48.6 Å². The van der Waals surface area contributed by atoms with E-state index in [2.05, 4.69) is 28.8 Å². The molecule has 0 saturated carbocycles. The zero-order chi connectivity index (χ0) is 22.8. The summed E-state index contributed by atoms with van der Waals surface area (Å²) in [5, 5.41) is 0. The molecule has 2 aliphatic rings. The first-order valence-corrected chi connectivity index (χ1v) is 13.0. The van der Waals surface area contributed by atoms with Crippen molar-refractivity contribution in [3.05, 3.63) is 90.3 Å². The number of hydrogen-bond acceptors (Lipinski definition) is 3. The van der Waals surface area contributed by atoms with Crippen molar-refractivity contribution in [2.45, 2.75) is 42.7 Å². The summed E-state index contributed by atoms with van der Waals surface area (Å²) in [5.74, 6) is 0.492. The van der Waals surface area contributed by atoms with Gasteiger partial charge < -0.3 is 9.47 Å². The van der Waals surface area contributed by atoms with E-state index in [1.54, 1.807) is 30.3 Å². The Hall–Kier alpha value is -2.90. The normalized spacial score (nSPS) is 19.9. The molecule has 7 heteroatoms. The van der Waals surface area contributed by atoms with E-state index in [9.17, 15) is 13.2 Å². The average molecular weight is 464 g/mol. The van der Waals surface area contributed by atoms with Crippen LogP contribution in [-0.4, -0.2) is 47.7 Å². The van der Waals surface area contributed by atoms with Crippen molar-refractivity contribution in [1.82, 2.24) is 13.8 Å². The van der Waals surface area contributed by atoms with Gasteiger partial charge in [-0.15, -0.1) is 0 Å². The summed E-state index contributed by atoms with van der Waals surface area (Å²) in [7, 11) is -3.70. The second-order valence-corrected chi connectivity index (χ2v) is 10.7. The number of amides is 1. The Morgan fingerprint density at radius 3 is 2.18 bits per heavy atom. The third kappa shape index (κ3) is 4.35. The molecule has 2 aromatic carbocycles. The molecule has 0 aliphatic carbocycles. The van der Waals surface area contributed by atoms with Crippen LogP contribution >= 0.6 is 0 Å². The summed E-state index contributed by atoms with van der Waals surface area (Å²) in [6.45, 7) is 2.35. The number of sulfonamides is 1. The van der Waals surface area contributed by atoms with Crippen molar-refractivity contribution in [2.75, 3.05) is 19.6 Å². The highest BCUT2D eigenvalue weighted by atomic mass is 32.2. The number of likely N-dealkylation sites (tertiary alicyclic amines) is 1. The molecule has 1 unspecified atom stereocenters. The Balaban J connectivity index is 1.34. The van der Waals surface area contributed by atoms with Crippen molar-refractivity contribution in [3.8, 4) is 0 Å². The number of hydrogen-bond donors (Lipinski definition) is 0. The highest BCUT2D eigenvalue weighted by molar-refractivity contribution is 7.89. The molecule has 1 saturated heterocycles. The minimum Gasteiger partial charge on any atom is -0.349 e. The van der Waals surface area contributed by atoms with Gasteiger partial charge in [0, 0.05) is 44.5 Å². The predicted octanol–water partition coefficient (Wildman–Crippen LogP) is 4.03. The number of fused-ring (bicyclic) bond motifs is 1. The molecule has 1 amide bonds. The van der Waals surface area contributed by atoms with Crippen molar-refractivity contribution < 1.29 is 13.2 Å². The van der Waals surface area contributed by atoms with E-state index in [1.807, 2.05) is 29.3 Å². The fourth-order valence-corrected chi connectivity index (χ4v) is 6.76. The summed E-state index contributed by atoms with van der Waals surface area (Å²) < 4.78 is 30.5. The Labute approximate surface area is 195 Å². The number of piperidine rings is 1. The van der Waals surface area contributed by atoms with Crippen LogP contribution in [0.3, 0.4) is 0 Å². The van der Waals surface area contributed by atoms with Gasteiger partial charge >= 0.3 is 0 Å². The van der Waals surface area contributed by atoms with Crippen LogP contribution in [0.15, 0.2) is 83.9 Å². The van der Waals surface area contributed by atoms with E-state index in [0.29, 0.717) is 32.1 Å². The second-order valence-electron chi connectivity index (χ2n) is 8.84. The quantitative estimate of drug-likeness (QED) is 0.574. The van der Waals surface area contributed by atoms with Crippen LogP contribution in [0.4, 0.5) is 0 Å². The topological polar surface area (TPSA) is 62.6 Å². The molecule has 0 radical (unpaired) electrons. The van der Waals surface area contributed by atoms with Gasteiger partial charge in [0.25, 0.3) is 0 Å². The van der Waals surface area contributed by atoms with Crippen molar-refractivity contribution in [3.63, 3.8) is 0 Å². The molecule has 1 atom stereocenters. The van der Waals surface area contributed by atoms with Crippen LogP contribution in [0.1, 0.15) is 42.5 Å². The summed E-state index contributed by atoms with van der Waals surface area (Å²) >= 11 is 0. The first kappa shape index (κ1) is 21.9. The standard InChI is InChI=1S/C26H29N3O3S/c30-26(28-16-13-22(14-17-28)21-8-3-1-4-9-21)20-25-24-12-7-15-27(24)18-19-29(25)33(31,32)23-10-5-2-6-11-23/h1-12,15,22,25H,13-14,16-20H2. The molecule has 1 aromatic heterocycles. The van der Waals surface area contributed by atoms with Crippen LogP contribution in [-0.2, 0) is 21.4 Å². The van der Waals surface area contributed by atoms with E-state index >= 15 is 0 Å². The molecular weight excluding hydrogens is 434 g/mol. The highest BCUT2D eigenvalue weighted by Crippen LogP contribution is 2.35. The molecule has 172 valence electrons. The summed E-state index contributed by atoms with van der Waals surface area (Å²) in [4.78, 5) is 15.5. The molecule has 0 N–H and O–H groups in total. The highest BCUT2D eigenvalue weighted by Gasteiger charge is 2.38. The number of carbonyl (C=O) groups is 1. The maximum atomic E-state index is 13.5. The number of nitrogens with zero attached hydrogens (tertiary/aromatic N) is 3. The molecule has 0 bridgehead atoms. The molecule has 3 aromatic rings. The Kier molecular flexibility index (Phi) is 6.08. The first-order chi connectivity index (χ1) is 16.0. The lowest BCUT2D eigenvalue weighted by Gasteiger charge is -2.38. The van der Waals surface area contributed by atoms with Crippen molar-refractivity contribution in [1.29, 1.82) is 0 Å². The van der Waals surface area contributed by atoms with Crippen LogP contribution < -0.4 is 0 Å². The fourth-order valence-electron chi connectivity index (χ4n) is 5.15. The van der Waals surface area contributed by atoms with Crippen molar-refractivity contribution in [2.24, 2.45) is 0 Å². The van der Waals surface area contributed by atoms with Crippen LogP contribution in [0.2, 0.25) is 0 Å². The smallest absolute Gasteiger partial charge is 0.243 e. The van der Waals surface area contributed by atoms with Crippen molar-refractivity contribution >= 4 is 15.9 Å². The van der Waals surface area contributed by atoms with Gasteiger partial charge in [-0.3, -0.25) is 4.79 Å². The van der Waals surface area contributed by atoms with Gasteiger partial charge in [0.1, 0.15) is 0 Å². The van der Waals surface area contributed by atoms with Gasteiger partial charge in [0.15, 0.2) is 0 Å². The van der Waals surface area contributed by atoms with Gasteiger partial charge in [0.05, 0.1) is 10.9 Å². The average Bonchev–Trinajstić information content (AvgIpc) is 3.35. The van der Waals surface area contributed by atoms with E-state index in [0.717, 1.165) is 18.5 Å². The number of rotatable bonds is 5. The molecule has 6 nitrogen and oxygen atoms in total. The van der Waals surface area contributed by atoms with E-state index in [-0.39, 0.29) is 17.2 Å². The summed E-state index contributed by atoms with van der Waals surface area (Å²) in [5.41, 5.74) is 2.21. The second kappa shape index (κ2) is 9.15. The predicted molar refractivity (Wildman–Crippen MR) is 127 cm³/mol. The molecule has 5 rings (SSSR count). The Bertz CT molecular complexity index is 1200. The fraction of sp³-hybridized carbons (Fsp3) is 0.346. The lowest BCUT2D eigenvalue weighted by molar-refractivity contribution is -0.133. The lowest BCUT2D eigenvalue weighted by Crippen LogP contribution is -2.45. The molecule has 1 fully saturated rings. The molecule has 0 spiro atoms. The largest absolute Gasteiger partial charge is 0.349 e. The van der Waals surface area contributed by atoms with Gasteiger partial charge in [-0.1, -0.05) is 48.5 Å². The minimum atomic E-state index is -3.70. The number of carbonyl (C=O) groups excluding carboxylic acids is 1. The van der Waals surface area contributed by atoms with Gasteiger partial charge in [-0.25, -0.2) is 8.42 Å². The van der Waals surface area contributed by atoms with Crippen LogP contribution in [0.5, 0.6) is 0 Å². The summed E-state index contributed by atoms with van der Waals surface area (Å²) in [6.07, 6.45) is 3.99. The van der Waals surface area contributed by atoms with Crippen LogP contribution in [0.25, 0.3) is 0 Å². The zero-order valence-electron chi connectivity index (χ0n) is 18.6. The third-order valence-electron chi connectivity index (χ3n) is 6.95. The lowest BCUT2D eigenvalue weighted by atomic mass is 9.89. The molecule has 2 aliphatic heterocycles. The maximum absolute atomic E-state index is 13.5. The summed E-state index contributed by atoms with van der Waals surface area (Å²) in [6, 6.07) is 22.3. The molecular formula is C26H29N3O3S. The minimum absolute atomic E-state index is 0.0226. The number of aromatic nitrogens is 1. The van der Waals surface area contributed by atoms with Crippen LogP contribution in [0, 0.1) is 0 Å². The zero-order valence-corrected chi connectivity index (χ0v) is 19.4. The van der Waals surface area contributed by atoms with Gasteiger partial charge in [-0.2, -0.15) is 4.31 Å². The van der Waals surface area contributed by atoms with Gasteiger partial charge in [0.2, 0.25) is 15.9 Å². The van der Waals surface area contributed by atoms with E-state index in [1.165, 1.54) is 9.87 Å². The Morgan fingerprint density at radius 1 is 0.818 bits per heavy atom. The first-order valence-electron chi connectivity index (χ1n) is 11.6. The number of benzene rings is 2. The van der Waals surface area contributed by atoms with E-state index in [4.69, 9.17) is 0 Å². The van der Waals surface area contributed by atoms with E-state index < -0.39 is 16.1 Å².